The van der Waals surface area contributed by atoms with E-state index in [9.17, 15) is 8.42 Å². The van der Waals surface area contributed by atoms with Crippen LogP contribution in [0.15, 0.2) is 97.6 Å². The molecule has 0 aliphatic rings. The highest BCUT2D eigenvalue weighted by Crippen LogP contribution is 2.35. The van der Waals surface area contributed by atoms with Gasteiger partial charge in [0.05, 0.1) is 18.5 Å². The molecule has 0 amide bonds. The van der Waals surface area contributed by atoms with Crippen molar-refractivity contribution in [3.05, 3.63) is 120 Å². The summed E-state index contributed by atoms with van der Waals surface area (Å²) in [6, 6.07) is 27.6. The molecule has 0 bridgehead atoms. The molecule has 3 rings (SSSR count). The minimum atomic E-state index is -3.55. The summed E-state index contributed by atoms with van der Waals surface area (Å²) in [6.07, 6.45) is 3.63. The molecule has 0 unspecified atom stereocenters. The smallest absolute Gasteiger partial charge is 0.232 e. The van der Waals surface area contributed by atoms with Gasteiger partial charge in [-0.2, -0.15) is 0 Å². The maximum Gasteiger partial charge on any atom is 0.232 e. The largest absolute Gasteiger partial charge is 0.265 e. The zero-order chi connectivity index (χ0) is 21.6. The van der Waals surface area contributed by atoms with Crippen molar-refractivity contribution >= 4 is 21.3 Å². The molecule has 0 aromatic heterocycles. The summed E-state index contributed by atoms with van der Waals surface area (Å²) in [5.41, 5.74) is 5.51. The van der Waals surface area contributed by atoms with Gasteiger partial charge < -0.3 is 0 Å². The van der Waals surface area contributed by atoms with Crippen molar-refractivity contribution in [1.82, 2.24) is 4.31 Å². The second-order valence-corrected chi connectivity index (χ2v) is 9.21. The quantitative estimate of drug-likeness (QED) is 0.338. The lowest BCUT2D eigenvalue weighted by Crippen LogP contribution is -2.29. The van der Waals surface area contributed by atoms with Crippen LogP contribution >= 0.6 is 0 Å². The first-order chi connectivity index (χ1) is 14.4. The lowest BCUT2D eigenvalue weighted by atomic mass is 9.96. The highest BCUT2D eigenvalue weighted by molar-refractivity contribution is 7.88. The Labute approximate surface area is 180 Å². The van der Waals surface area contributed by atoms with E-state index in [0.29, 0.717) is 12.1 Å². The SMILES string of the molecule is C=CC/C(=C(\c1ccc(C)cc1)N(Cc1ccccc1)S(C)(=O)=O)c1ccccc1. The van der Waals surface area contributed by atoms with Crippen LogP contribution in [-0.4, -0.2) is 19.0 Å². The van der Waals surface area contributed by atoms with Crippen LogP contribution < -0.4 is 0 Å². The van der Waals surface area contributed by atoms with Crippen molar-refractivity contribution in [3.63, 3.8) is 0 Å². The highest BCUT2D eigenvalue weighted by Gasteiger charge is 2.25. The molecule has 4 heteroatoms. The van der Waals surface area contributed by atoms with Gasteiger partial charge in [0, 0.05) is 0 Å². The Kier molecular flexibility index (Phi) is 6.91. The van der Waals surface area contributed by atoms with E-state index >= 15 is 0 Å². The molecule has 3 nitrogen and oxygen atoms in total. The van der Waals surface area contributed by atoms with E-state index < -0.39 is 10.0 Å². The Morgan fingerprint density at radius 1 is 0.867 bits per heavy atom. The summed E-state index contributed by atoms with van der Waals surface area (Å²) in [5, 5.41) is 0. The van der Waals surface area contributed by atoms with Crippen LogP contribution in [0.5, 0.6) is 0 Å². The molecule has 0 radical (unpaired) electrons. The maximum absolute atomic E-state index is 13.0. The van der Waals surface area contributed by atoms with Gasteiger partial charge in [0.2, 0.25) is 10.0 Å². The number of sulfonamides is 1. The maximum atomic E-state index is 13.0. The summed E-state index contributed by atoms with van der Waals surface area (Å²) in [7, 11) is -3.55. The molecular formula is C26H27NO2S. The second-order valence-electron chi connectivity index (χ2n) is 7.31. The summed E-state index contributed by atoms with van der Waals surface area (Å²) in [5.74, 6) is 0. The van der Waals surface area contributed by atoms with Gasteiger partial charge in [0.1, 0.15) is 0 Å². The Hall–Kier alpha value is -3.11. The molecule has 0 spiro atoms. The standard InChI is InChI=1S/C26H27NO2S/c1-4-11-25(23-14-9-6-10-15-23)26(24-18-16-21(2)17-19-24)27(30(3,28)29)20-22-12-7-5-8-13-22/h4-10,12-19H,1,11,20H2,2-3H3/b26-25-. The third-order valence-electron chi connectivity index (χ3n) is 4.90. The van der Waals surface area contributed by atoms with E-state index in [2.05, 4.69) is 6.58 Å². The summed E-state index contributed by atoms with van der Waals surface area (Å²) in [6.45, 7) is 6.20. The third kappa shape index (κ3) is 5.28. The van der Waals surface area contributed by atoms with Crippen LogP contribution in [0.1, 0.15) is 28.7 Å². The summed E-state index contributed by atoms with van der Waals surface area (Å²) in [4.78, 5) is 0. The Morgan fingerprint density at radius 3 is 1.97 bits per heavy atom. The topological polar surface area (TPSA) is 37.4 Å². The number of hydrogen-bond donors (Lipinski definition) is 0. The van der Waals surface area contributed by atoms with Crippen LogP contribution in [0, 0.1) is 6.92 Å². The second kappa shape index (κ2) is 9.59. The molecule has 0 saturated carbocycles. The van der Waals surface area contributed by atoms with Crippen LogP contribution in [0.4, 0.5) is 0 Å². The van der Waals surface area contributed by atoms with Crippen LogP contribution in [0.25, 0.3) is 11.3 Å². The third-order valence-corrected chi connectivity index (χ3v) is 6.01. The molecule has 3 aromatic carbocycles. The first-order valence-corrected chi connectivity index (χ1v) is 11.7. The molecule has 154 valence electrons. The van der Waals surface area contributed by atoms with E-state index in [4.69, 9.17) is 0 Å². The average Bonchev–Trinajstić information content (AvgIpc) is 2.74. The molecule has 0 heterocycles. The monoisotopic (exact) mass is 417 g/mol. The van der Waals surface area contributed by atoms with E-state index in [-0.39, 0.29) is 6.54 Å². The molecule has 0 aliphatic heterocycles. The minimum Gasteiger partial charge on any atom is -0.265 e. The van der Waals surface area contributed by atoms with Crippen molar-refractivity contribution < 1.29 is 8.42 Å². The number of benzene rings is 3. The molecule has 0 saturated heterocycles. The predicted molar refractivity (Wildman–Crippen MR) is 126 cm³/mol. The van der Waals surface area contributed by atoms with Crippen molar-refractivity contribution in [3.8, 4) is 0 Å². The van der Waals surface area contributed by atoms with Gasteiger partial charge >= 0.3 is 0 Å². The molecule has 0 atom stereocenters. The number of rotatable bonds is 8. The molecule has 3 aromatic rings. The number of nitrogens with zero attached hydrogens (tertiary/aromatic N) is 1. The zero-order valence-electron chi connectivity index (χ0n) is 17.5. The predicted octanol–water partition coefficient (Wildman–Crippen LogP) is 5.90. The Balaban J connectivity index is 2.30. The minimum absolute atomic E-state index is 0.260. The van der Waals surface area contributed by atoms with Crippen molar-refractivity contribution in [2.75, 3.05) is 6.26 Å². The molecular weight excluding hydrogens is 390 g/mol. The van der Waals surface area contributed by atoms with Gasteiger partial charge in [-0.1, -0.05) is 96.6 Å². The summed E-state index contributed by atoms with van der Waals surface area (Å²) < 4.78 is 27.6. The van der Waals surface area contributed by atoms with Crippen molar-refractivity contribution in [1.29, 1.82) is 0 Å². The van der Waals surface area contributed by atoms with Crippen LogP contribution in [-0.2, 0) is 16.6 Å². The van der Waals surface area contributed by atoms with Crippen molar-refractivity contribution in [2.24, 2.45) is 0 Å². The number of allylic oxidation sites excluding steroid dienone is 2. The fourth-order valence-electron chi connectivity index (χ4n) is 3.43. The lowest BCUT2D eigenvalue weighted by Gasteiger charge is -2.29. The van der Waals surface area contributed by atoms with Gasteiger partial charge in [0.25, 0.3) is 0 Å². The van der Waals surface area contributed by atoms with E-state index in [1.54, 1.807) is 0 Å². The number of hydrogen-bond acceptors (Lipinski definition) is 2. The lowest BCUT2D eigenvalue weighted by molar-refractivity contribution is 0.513. The molecule has 0 N–H and O–H groups in total. The Morgan fingerprint density at radius 2 is 1.43 bits per heavy atom. The van der Waals surface area contributed by atoms with Gasteiger partial charge in [-0.25, -0.2) is 8.42 Å². The molecule has 0 fully saturated rings. The van der Waals surface area contributed by atoms with E-state index in [1.165, 1.54) is 10.6 Å². The van der Waals surface area contributed by atoms with Gasteiger partial charge in [0.15, 0.2) is 0 Å². The van der Waals surface area contributed by atoms with Crippen LogP contribution in [0.3, 0.4) is 0 Å². The van der Waals surface area contributed by atoms with Crippen LogP contribution in [0.2, 0.25) is 0 Å². The van der Waals surface area contributed by atoms with Gasteiger partial charge in [-0.3, -0.25) is 4.31 Å². The fraction of sp³-hybridized carbons (Fsp3) is 0.154. The van der Waals surface area contributed by atoms with E-state index in [1.807, 2.05) is 97.9 Å². The van der Waals surface area contributed by atoms with Gasteiger partial charge in [-0.05, 0) is 35.6 Å². The first-order valence-electron chi connectivity index (χ1n) is 9.88. The average molecular weight is 418 g/mol. The highest BCUT2D eigenvalue weighted by atomic mass is 32.2. The molecule has 30 heavy (non-hydrogen) atoms. The first kappa shape index (κ1) is 21.6. The number of aryl methyl sites for hydroxylation is 1. The van der Waals surface area contributed by atoms with E-state index in [0.717, 1.165) is 27.8 Å². The Bertz CT molecular complexity index is 1120. The normalized spacial score (nSPS) is 12.2. The van der Waals surface area contributed by atoms with Crippen molar-refractivity contribution in [2.45, 2.75) is 19.9 Å². The zero-order valence-corrected chi connectivity index (χ0v) is 18.3. The summed E-state index contributed by atoms with van der Waals surface area (Å²) >= 11 is 0. The molecule has 0 aliphatic carbocycles. The fourth-order valence-corrected chi connectivity index (χ4v) is 4.36. The van der Waals surface area contributed by atoms with Gasteiger partial charge in [-0.15, -0.1) is 6.58 Å².